The van der Waals surface area contributed by atoms with E-state index in [2.05, 4.69) is 5.16 Å². The summed E-state index contributed by atoms with van der Waals surface area (Å²) in [6, 6.07) is 0. The Morgan fingerprint density at radius 3 is 2.75 bits per heavy atom. The number of nitrogens with zero attached hydrogens (tertiary/aromatic N) is 1. The summed E-state index contributed by atoms with van der Waals surface area (Å²) in [6.45, 7) is 7.36. The van der Waals surface area contributed by atoms with Crippen molar-refractivity contribution in [2.75, 3.05) is 6.61 Å². The van der Waals surface area contributed by atoms with Crippen LogP contribution in [0.4, 0.5) is 0 Å². The number of fused-ring (bicyclic) bond motifs is 1. The molecule has 0 saturated carbocycles. The Morgan fingerprint density at radius 2 is 2.08 bits per heavy atom. The molecule has 0 fully saturated rings. The van der Waals surface area contributed by atoms with Crippen LogP contribution in [-0.2, 0) is 17.8 Å². The summed E-state index contributed by atoms with van der Waals surface area (Å²) in [7, 11) is 0. The third-order valence-electron chi connectivity index (χ3n) is 1.80. The summed E-state index contributed by atoms with van der Waals surface area (Å²) in [5, 5.41) is 3.84. The second kappa shape index (κ2) is 4.26. The number of hydrogen-bond donors (Lipinski definition) is 0. The highest BCUT2D eigenvalue weighted by atomic mass is 16.5. The van der Waals surface area contributed by atoms with Crippen LogP contribution in [0, 0.1) is 6.92 Å². The maximum atomic E-state index is 5.18. The molecule has 3 heteroatoms. The molecular weight excluding hydrogens is 154 g/mol. The van der Waals surface area contributed by atoms with Gasteiger partial charge in [-0.15, -0.1) is 0 Å². The topological polar surface area (TPSA) is 35.3 Å². The zero-order valence-corrected chi connectivity index (χ0v) is 7.89. The normalized spacial score (nSPS) is 14.6. The van der Waals surface area contributed by atoms with Gasteiger partial charge in [0.05, 0.1) is 12.3 Å². The molecule has 0 radical (unpaired) electrons. The smallest absolute Gasteiger partial charge is 0.165 e. The van der Waals surface area contributed by atoms with Crippen molar-refractivity contribution in [2.45, 2.75) is 33.8 Å². The lowest BCUT2D eigenvalue weighted by Crippen LogP contribution is -2.07. The van der Waals surface area contributed by atoms with Gasteiger partial charge in [0.1, 0.15) is 6.61 Å². The Bertz CT molecular complexity index is 243. The lowest BCUT2D eigenvalue weighted by Gasteiger charge is -2.08. The van der Waals surface area contributed by atoms with Gasteiger partial charge < -0.3 is 9.26 Å². The fourth-order valence-electron chi connectivity index (χ4n) is 1.21. The first kappa shape index (κ1) is 9.26. The minimum absolute atomic E-state index is 0.593. The van der Waals surface area contributed by atoms with Gasteiger partial charge in [0.2, 0.25) is 0 Å². The van der Waals surface area contributed by atoms with Gasteiger partial charge in [0, 0.05) is 12.0 Å². The van der Waals surface area contributed by atoms with E-state index in [0.29, 0.717) is 6.61 Å². The first-order valence-electron chi connectivity index (χ1n) is 4.39. The lowest BCUT2D eigenvalue weighted by molar-refractivity contribution is 0.0894. The number of hydrogen-bond acceptors (Lipinski definition) is 3. The SMILES string of the molecule is CC.Cc1noc2c1CCOC2. The van der Waals surface area contributed by atoms with E-state index in [1.807, 2.05) is 20.8 Å². The van der Waals surface area contributed by atoms with Crippen LogP contribution < -0.4 is 0 Å². The molecule has 1 aromatic rings. The first-order chi connectivity index (χ1) is 5.88. The van der Waals surface area contributed by atoms with Crippen molar-refractivity contribution < 1.29 is 9.26 Å². The Balaban J connectivity index is 0.000000336. The van der Waals surface area contributed by atoms with Crippen molar-refractivity contribution in [3.05, 3.63) is 17.0 Å². The molecule has 0 bridgehead atoms. The second-order valence-corrected chi connectivity index (χ2v) is 2.47. The van der Waals surface area contributed by atoms with E-state index in [0.717, 1.165) is 24.5 Å². The van der Waals surface area contributed by atoms with Crippen LogP contribution in [0.25, 0.3) is 0 Å². The van der Waals surface area contributed by atoms with Gasteiger partial charge in [0.15, 0.2) is 5.76 Å². The fraction of sp³-hybridized carbons (Fsp3) is 0.667. The highest BCUT2D eigenvalue weighted by Crippen LogP contribution is 2.18. The number of aryl methyl sites for hydroxylation is 1. The Morgan fingerprint density at radius 1 is 1.33 bits per heavy atom. The predicted molar refractivity (Wildman–Crippen MR) is 45.9 cm³/mol. The zero-order chi connectivity index (χ0) is 8.97. The van der Waals surface area contributed by atoms with Crippen molar-refractivity contribution >= 4 is 0 Å². The van der Waals surface area contributed by atoms with Gasteiger partial charge in [-0.2, -0.15) is 0 Å². The van der Waals surface area contributed by atoms with E-state index >= 15 is 0 Å². The Kier molecular flexibility index (Phi) is 3.29. The molecule has 0 spiro atoms. The van der Waals surface area contributed by atoms with Crippen molar-refractivity contribution in [3.8, 4) is 0 Å². The molecule has 1 aromatic heterocycles. The molecule has 0 aliphatic carbocycles. The summed E-state index contributed by atoms with van der Waals surface area (Å²) < 4.78 is 10.2. The quantitative estimate of drug-likeness (QED) is 0.596. The van der Waals surface area contributed by atoms with Gasteiger partial charge in [-0.25, -0.2) is 0 Å². The molecule has 1 aliphatic heterocycles. The van der Waals surface area contributed by atoms with E-state index in [-0.39, 0.29) is 0 Å². The summed E-state index contributed by atoms with van der Waals surface area (Å²) in [4.78, 5) is 0. The average Bonchev–Trinajstić information content (AvgIpc) is 2.53. The van der Waals surface area contributed by atoms with E-state index < -0.39 is 0 Å². The highest BCUT2D eigenvalue weighted by Gasteiger charge is 2.16. The summed E-state index contributed by atoms with van der Waals surface area (Å²) in [5.41, 5.74) is 2.25. The Hall–Kier alpha value is -0.830. The van der Waals surface area contributed by atoms with Crippen molar-refractivity contribution in [3.63, 3.8) is 0 Å². The predicted octanol–water partition coefficient (Wildman–Crippen LogP) is 2.08. The van der Waals surface area contributed by atoms with E-state index in [9.17, 15) is 0 Å². The molecule has 68 valence electrons. The number of aromatic nitrogens is 1. The molecule has 2 rings (SSSR count). The highest BCUT2D eigenvalue weighted by molar-refractivity contribution is 5.22. The number of ether oxygens (including phenoxy) is 1. The summed E-state index contributed by atoms with van der Waals surface area (Å²) in [6.07, 6.45) is 0.949. The van der Waals surface area contributed by atoms with Crippen LogP contribution in [0.1, 0.15) is 30.9 Å². The largest absolute Gasteiger partial charge is 0.373 e. The summed E-state index contributed by atoms with van der Waals surface area (Å²) >= 11 is 0. The van der Waals surface area contributed by atoms with Crippen molar-refractivity contribution in [1.29, 1.82) is 0 Å². The van der Waals surface area contributed by atoms with Crippen LogP contribution >= 0.6 is 0 Å². The minimum Gasteiger partial charge on any atom is -0.373 e. The van der Waals surface area contributed by atoms with Crippen molar-refractivity contribution in [2.24, 2.45) is 0 Å². The number of rotatable bonds is 0. The molecular formula is C9H15NO2. The lowest BCUT2D eigenvalue weighted by atomic mass is 10.1. The molecule has 12 heavy (non-hydrogen) atoms. The molecule has 3 nitrogen and oxygen atoms in total. The maximum Gasteiger partial charge on any atom is 0.165 e. The van der Waals surface area contributed by atoms with E-state index in [4.69, 9.17) is 9.26 Å². The molecule has 2 heterocycles. The van der Waals surface area contributed by atoms with Gasteiger partial charge in [-0.3, -0.25) is 0 Å². The zero-order valence-electron chi connectivity index (χ0n) is 7.89. The van der Waals surface area contributed by atoms with Crippen LogP contribution in [0.2, 0.25) is 0 Å². The molecule has 0 amide bonds. The first-order valence-corrected chi connectivity index (χ1v) is 4.39. The van der Waals surface area contributed by atoms with Gasteiger partial charge in [-0.1, -0.05) is 19.0 Å². The van der Waals surface area contributed by atoms with Crippen LogP contribution in [0.3, 0.4) is 0 Å². The molecule has 1 aliphatic rings. The van der Waals surface area contributed by atoms with Crippen LogP contribution in [0.15, 0.2) is 4.52 Å². The van der Waals surface area contributed by atoms with Crippen molar-refractivity contribution in [1.82, 2.24) is 5.16 Å². The molecule has 0 saturated heterocycles. The maximum absolute atomic E-state index is 5.18. The molecule has 0 N–H and O–H groups in total. The van der Waals surface area contributed by atoms with E-state index in [1.165, 1.54) is 5.56 Å². The molecule has 0 unspecified atom stereocenters. The Labute approximate surface area is 72.7 Å². The third-order valence-corrected chi connectivity index (χ3v) is 1.80. The second-order valence-electron chi connectivity index (χ2n) is 2.47. The molecule has 0 atom stereocenters. The molecule has 0 aromatic carbocycles. The van der Waals surface area contributed by atoms with Gasteiger partial charge >= 0.3 is 0 Å². The van der Waals surface area contributed by atoms with Gasteiger partial charge in [0.25, 0.3) is 0 Å². The average molecular weight is 169 g/mol. The fourth-order valence-corrected chi connectivity index (χ4v) is 1.21. The van der Waals surface area contributed by atoms with Gasteiger partial charge in [-0.05, 0) is 6.92 Å². The van der Waals surface area contributed by atoms with Crippen LogP contribution in [0.5, 0.6) is 0 Å². The standard InChI is InChI=1S/C7H9NO2.C2H6/c1-5-6-2-3-9-4-7(6)10-8-5;1-2/h2-4H2,1H3;1-2H3. The monoisotopic (exact) mass is 169 g/mol. The third kappa shape index (κ3) is 1.67. The van der Waals surface area contributed by atoms with Crippen LogP contribution in [-0.4, -0.2) is 11.8 Å². The summed E-state index contributed by atoms with van der Waals surface area (Å²) in [5.74, 6) is 0.906. The minimum atomic E-state index is 0.593. The van der Waals surface area contributed by atoms with E-state index in [1.54, 1.807) is 0 Å².